The largest absolute Gasteiger partial charge is 0.388 e. The zero-order valence-corrected chi connectivity index (χ0v) is 5.14. The molecule has 0 aromatic carbocycles. The molecule has 60 valence electrons. The van der Waals surface area contributed by atoms with Gasteiger partial charge in [0.1, 0.15) is 25.0 Å². The van der Waals surface area contributed by atoms with Crippen LogP contribution in [0.25, 0.3) is 0 Å². The Labute approximate surface area is 56.9 Å². The molecular weight excluding hydrogens is 143 g/mol. The molecule has 0 aliphatic heterocycles. The average Bonchev–Trinajstić information content (AvgIpc) is 2.00. The lowest BCUT2D eigenvalue weighted by atomic mass is 10.1. The Kier molecular flexibility index (Phi) is 4.10. The van der Waals surface area contributed by atoms with E-state index in [0.29, 0.717) is 0 Å². The maximum absolute atomic E-state index is 11.5. The summed E-state index contributed by atoms with van der Waals surface area (Å²) in [4.78, 5) is 9.72. The fourth-order valence-corrected chi connectivity index (χ4v) is 0.399. The van der Waals surface area contributed by atoms with Crippen LogP contribution in [0.3, 0.4) is 0 Å². The van der Waals surface area contributed by atoms with Crippen molar-refractivity contribution in [3.8, 4) is 0 Å². The number of alkyl halides is 1. The molecule has 3 N–H and O–H groups in total. The van der Waals surface area contributed by atoms with Crippen LogP contribution in [-0.2, 0) is 4.79 Å². The zero-order valence-electron chi connectivity index (χ0n) is 5.14. The number of halogens is 1. The van der Waals surface area contributed by atoms with Crippen LogP contribution in [0.5, 0.6) is 0 Å². The summed E-state index contributed by atoms with van der Waals surface area (Å²) in [5, 5.41) is 25.6. The summed E-state index contributed by atoms with van der Waals surface area (Å²) < 4.78 is 11.5. The van der Waals surface area contributed by atoms with Crippen molar-refractivity contribution in [2.45, 2.75) is 18.3 Å². The van der Waals surface area contributed by atoms with Crippen LogP contribution in [-0.4, -0.2) is 46.6 Å². The van der Waals surface area contributed by atoms with Crippen LogP contribution >= 0.6 is 0 Å². The molecule has 0 unspecified atom stereocenters. The summed E-state index contributed by atoms with van der Waals surface area (Å²) in [5.41, 5.74) is 0. The van der Waals surface area contributed by atoms with E-state index in [1.807, 2.05) is 0 Å². The summed E-state index contributed by atoms with van der Waals surface area (Å²) in [7, 11) is 0. The number of rotatable bonds is 4. The fraction of sp³-hybridized carbons (Fsp3) is 0.800. The molecule has 0 aliphatic carbocycles. The van der Waals surface area contributed by atoms with E-state index in [-0.39, 0.29) is 6.29 Å². The Morgan fingerprint density at radius 2 is 1.90 bits per heavy atom. The van der Waals surface area contributed by atoms with Gasteiger partial charge in [-0.05, 0) is 0 Å². The van der Waals surface area contributed by atoms with Gasteiger partial charge < -0.3 is 20.1 Å². The molecule has 0 spiro atoms. The van der Waals surface area contributed by atoms with E-state index in [1.54, 1.807) is 0 Å². The van der Waals surface area contributed by atoms with Crippen molar-refractivity contribution in [1.29, 1.82) is 0 Å². The van der Waals surface area contributed by atoms with E-state index in [4.69, 9.17) is 15.3 Å². The van der Waals surface area contributed by atoms with Crippen molar-refractivity contribution in [2.75, 3.05) is 6.67 Å². The molecule has 10 heavy (non-hydrogen) atoms. The van der Waals surface area contributed by atoms with Crippen molar-refractivity contribution in [3.05, 3.63) is 0 Å². The van der Waals surface area contributed by atoms with Crippen LogP contribution in [0, 0.1) is 0 Å². The molecule has 0 heterocycles. The first kappa shape index (κ1) is 9.48. The SMILES string of the molecule is O=C[C@H](O)[C@H](O)[C@H](O)CF. The monoisotopic (exact) mass is 152 g/mol. The minimum absolute atomic E-state index is 0.0313. The highest BCUT2D eigenvalue weighted by Gasteiger charge is 2.23. The van der Waals surface area contributed by atoms with Crippen molar-refractivity contribution >= 4 is 6.29 Å². The van der Waals surface area contributed by atoms with E-state index in [2.05, 4.69) is 0 Å². The van der Waals surface area contributed by atoms with Gasteiger partial charge in [-0.1, -0.05) is 0 Å². The quantitative estimate of drug-likeness (QED) is 0.417. The first-order chi connectivity index (χ1) is 4.63. The van der Waals surface area contributed by atoms with Crippen molar-refractivity contribution in [1.82, 2.24) is 0 Å². The smallest absolute Gasteiger partial charge is 0.151 e. The molecule has 3 atom stereocenters. The molecule has 0 aromatic rings. The summed E-state index contributed by atoms with van der Waals surface area (Å²) >= 11 is 0. The van der Waals surface area contributed by atoms with Gasteiger partial charge in [-0.25, -0.2) is 4.39 Å². The van der Waals surface area contributed by atoms with Gasteiger partial charge >= 0.3 is 0 Å². The van der Waals surface area contributed by atoms with Crippen LogP contribution < -0.4 is 0 Å². The Morgan fingerprint density at radius 1 is 1.40 bits per heavy atom. The van der Waals surface area contributed by atoms with E-state index in [9.17, 15) is 9.18 Å². The molecule has 0 saturated heterocycles. The molecule has 0 rings (SSSR count). The second-order valence-corrected chi connectivity index (χ2v) is 1.84. The van der Waals surface area contributed by atoms with Crippen LogP contribution in [0.2, 0.25) is 0 Å². The summed E-state index contributed by atoms with van der Waals surface area (Å²) in [6, 6.07) is 0. The molecule has 5 heteroatoms. The lowest BCUT2D eigenvalue weighted by molar-refractivity contribution is -0.126. The van der Waals surface area contributed by atoms with Gasteiger partial charge in [0.15, 0.2) is 6.29 Å². The minimum Gasteiger partial charge on any atom is -0.388 e. The predicted octanol–water partition coefficient (Wildman–Crippen LogP) is -1.76. The van der Waals surface area contributed by atoms with Gasteiger partial charge in [0.2, 0.25) is 0 Å². The Morgan fingerprint density at radius 3 is 2.20 bits per heavy atom. The number of aliphatic hydroxyl groups excluding tert-OH is 3. The van der Waals surface area contributed by atoms with Gasteiger partial charge in [0, 0.05) is 0 Å². The van der Waals surface area contributed by atoms with Gasteiger partial charge in [0.05, 0.1) is 0 Å². The van der Waals surface area contributed by atoms with Crippen LogP contribution in [0.4, 0.5) is 4.39 Å². The van der Waals surface area contributed by atoms with Crippen LogP contribution in [0.15, 0.2) is 0 Å². The first-order valence-corrected chi connectivity index (χ1v) is 2.69. The van der Waals surface area contributed by atoms with Gasteiger partial charge in [-0.3, -0.25) is 0 Å². The number of carbonyl (C=O) groups excluding carboxylic acids is 1. The lowest BCUT2D eigenvalue weighted by Crippen LogP contribution is -2.39. The third-order valence-electron chi connectivity index (χ3n) is 1.04. The maximum Gasteiger partial charge on any atom is 0.151 e. The van der Waals surface area contributed by atoms with Crippen LogP contribution in [0.1, 0.15) is 0 Å². The molecule has 0 amide bonds. The van der Waals surface area contributed by atoms with Gasteiger partial charge in [-0.15, -0.1) is 0 Å². The average molecular weight is 152 g/mol. The first-order valence-electron chi connectivity index (χ1n) is 2.69. The maximum atomic E-state index is 11.5. The fourth-order valence-electron chi connectivity index (χ4n) is 0.399. The molecule has 0 fully saturated rings. The summed E-state index contributed by atoms with van der Waals surface area (Å²) in [5.74, 6) is 0. The number of hydrogen-bond acceptors (Lipinski definition) is 4. The van der Waals surface area contributed by atoms with Gasteiger partial charge in [-0.2, -0.15) is 0 Å². The van der Waals surface area contributed by atoms with Crippen molar-refractivity contribution in [2.24, 2.45) is 0 Å². The molecular formula is C5H9FO4. The molecule has 0 saturated carbocycles. The highest BCUT2D eigenvalue weighted by molar-refractivity contribution is 5.56. The van der Waals surface area contributed by atoms with Gasteiger partial charge in [0.25, 0.3) is 0 Å². The summed E-state index contributed by atoms with van der Waals surface area (Å²) in [6.07, 6.45) is -5.11. The second kappa shape index (κ2) is 4.32. The number of aliphatic hydroxyl groups is 3. The third kappa shape index (κ3) is 2.38. The van der Waals surface area contributed by atoms with E-state index >= 15 is 0 Å². The minimum atomic E-state index is -1.73. The molecule has 0 aromatic heterocycles. The van der Waals surface area contributed by atoms with E-state index in [0.717, 1.165) is 0 Å². The molecule has 0 bridgehead atoms. The van der Waals surface area contributed by atoms with E-state index < -0.39 is 25.0 Å². The molecule has 0 aliphatic rings. The lowest BCUT2D eigenvalue weighted by Gasteiger charge is -2.15. The third-order valence-corrected chi connectivity index (χ3v) is 1.04. The topological polar surface area (TPSA) is 77.8 Å². The highest BCUT2D eigenvalue weighted by Crippen LogP contribution is 1.98. The predicted molar refractivity (Wildman–Crippen MR) is 30.1 cm³/mol. The molecule has 4 nitrogen and oxygen atoms in total. The zero-order chi connectivity index (χ0) is 8.15. The summed E-state index contributed by atoms with van der Waals surface area (Å²) in [6.45, 7) is -1.19. The number of carbonyl (C=O) groups is 1. The Bertz CT molecular complexity index is 108. The normalized spacial score (nSPS) is 19.6. The Hall–Kier alpha value is -0.520. The standard InChI is InChI=1S/C5H9FO4/c6-1-3(8)5(10)4(9)2-7/h2-5,8-10H,1H2/t3-,4+,5-/m1/s1. The number of hydrogen-bond donors (Lipinski definition) is 3. The molecule has 0 radical (unpaired) electrons. The van der Waals surface area contributed by atoms with E-state index in [1.165, 1.54) is 0 Å². The van der Waals surface area contributed by atoms with Crippen molar-refractivity contribution in [3.63, 3.8) is 0 Å². The second-order valence-electron chi connectivity index (χ2n) is 1.84. The highest BCUT2D eigenvalue weighted by atomic mass is 19.1. The Balaban J connectivity index is 3.80. The number of aldehydes is 1. The van der Waals surface area contributed by atoms with Crippen molar-refractivity contribution < 1.29 is 24.5 Å².